The van der Waals surface area contributed by atoms with E-state index < -0.39 is 0 Å². The Morgan fingerprint density at radius 3 is 0.796 bits per heavy atom. The van der Waals surface area contributed by atoms with E-state index in [-0.39, 0.29) is 52.3 Å². The summed E-state index contributed by atoms with van der Waals surface area (Å²) in [7, 11) is 0. The minimum Gasteiger partial charge on any atom is -0.508 e. The Labute approximate surface area is 312 Å². The molecule has 7 aromatic rings. The second-order valence-electron chi connectivity index (χ2n) is 15.0. The third-order valence-electron chi connectivity index (χ3n) is 11.8. The van der Waals surface area contributed by atoms with Gasteiger partial charge in [-0.1, -0.05) is 54.6 Å². The summed E-state index contributed by atoms with van der Waals surface area (Å²) in [5, 5.41) is 63.5. The van der Waals surface area contributed by atoms with Crippen molar-refractivity contribution in [2.45, 2.75) is 37.0 Å². The van der Waals surface area contributed by atoms with Crippen LogP contribution in [0.1, 0.15) is 67.8 Å². The van der Waals surface area contributed by atoms with Gasteiger partial charge in [-0.25, -0.2) is 0 Å². The van der Waals surface area contributed by atoms with E-state index in [9.17, 15) is 30.6 Å². The summed E-state index contributed by atoms with van der Waals surface area (Å²) in [4.78, 5) is 0. The van der Waals surface area contributed by atoms with Gasteiger partial charge in [-0.05, 0) is 176 Å². The van der Waals surface area contributed by atoms with Crippen LogP contribution >= 0.6 is 0 Å². The smallest absolute Gasteiger partial charge is 0.115 e. The fourth-order valence-corrected chi connectivity index (χ4v) is 9.63. The molecule has 3 atom stereocenters. The van der Waals surface area contributed by atoms with Crippen LogP contribution in [-0.4, -0.2) is 30.6 Å². The molecule has 0 saturated carbocycles. The Morgan fingerprint density at radius 1 is 0.296 bits per heavy atom. The van der Waals surface area contributed by atoms with Gasteiger partial charge < -0.3 is 30.6 Å². The molecule has 0 aromatic heterocycles. The summed E-state index contributed by atoms with van der Waals surface area (Å²) >= 11 is 0. The lowest BCUT2D eigenvalue weighted by atomic mass is 9.77. The zero-order valence-electron chi connectivity index (χ0n) is 29.2. The summed E-state index contributed by atoms with van der Waals surface area (Å²) in [6.07, 6.45) is 1.88. The predicted molar refractivity (Wildman–Crippen MR) is 209 cm³/mol. The number of rotatable bonds is 6. The molecular weight excluding hydrogens is 673 g/mol. The van der Waals surface area contributed by atoms with Crippen LogP contribution in [0.15, 0.2) is 127 Å². The van der Waals surface area contributed by atoms with Crippen LogP contribution in [0.25, 0.3) is 33.4 Å². The third-order valence-corrected chi connectivity index (χ3v) is 11.8. The first-order valence-corrected chi connectivity index (χ1v) is 18.3. The van der Waals surface area contributed by atoms with E-state index in [1.165, 1.54) is 16.7 Å². The van der Waals surface area contributed by atoms with Gasteiger partial charge in [0.15, 0.2) is 0 Å². The SMILES string of the molecule is Oc1ccc(CC2c3cc(O)ccc3-c3c2c2c(c4c3C(Cc3ccc(O)cc3)c3cc(O)ccc3-4)C(Cc3ccc(O)cc3)c3cc(O)ccc3-2)cc1. The van der Waals surface area contributed by atoms with Crippen LogP contribution in [-0.2, 0) is 19.3 Å². The van der Waals surface area contributed by atoms with Gasteiger partial charge in [-0.2, -0.15) is 0 Å². The van der Waals surface area contributed by atoms with Gasteiger partial charge >= 0.3 is 0 Å². The molecule has 0 saturated heterocycles. The molecule has 6 nitrogen and oxygen atoms in total. The standard InChI is InChI=1S/C48H36O6/c49-28-7-1-25(2-8-28)19-40-37-22-31(52)13-16-34(37)43-46(40)44-35-17-14-32(53)23-38(35)41(20-26-3-9-29(50)10-4-26)48(44)45-36-18-15-33(54)24-39(36)42(47(43)45)21-27-5-11-30(51)12-6-27/h1-18,22-24,40-42,49-54H,19-21H2. The number of hydrogen-bond donors (Lipinski definition) is 6. The Kier molecular flexibility index (Phi) is 7.08. The van der Waals surface area contributed by atoms with E-state index in [2.05, 4.69) is 0 Å². The fraction of sp³-hybridized carbons (Fsp3) is 0.125. The first kappa shape index (κ1) is 32.0. The molecular formula is C48H36O6. The maximum absolute atomic E-state index is 11.0. The van der Waals surface area contributed by atoms with Crippen molar-refractivity contribution >= 4 is 0 Å². The van der Waals surface area contributed by atoms with Crippen molar-refractivity contribution < 1.29 is 30.6 Å². The third kappa shape index (κ3) is 4.94. The molecule has 6 N–H and O–H groups in total. The van der Waals surface area contributed by atoms with Crippen LogP contribution < -0.4 is 0 Å². The molecule has 10 rings (SSSR count). The van der Waals surface area contributed by atoms with Gasteiger partial charge in [0.05, 0.1) is 0 Å². The van der Waals surface area contributed by atoms with Crippen LogP contribution in [0.2, 0.25) is 0 Å². The Morgan fingerprint density at radius 2 is 0.537 bits per heavy atom. The van der Waals surface area contributed by atoms with Crippen LogP contribution in [0, 0.1) is 0 Å². The van der Waals surface area contributed by atoms with Crippen molar-refractivity contribution in [3.05, 3.63) is 177 Å². The highest BCUT2D eigenvalue weighted by Crippen LogP contribution is 2.66. The van der Waals surface area contributed by atoms with Crippen LogP contribution in [0.5, 0.6) is 34.5 Å². The topological polar surface area (TPSA) is 121 Å². The maximum Gasteiger partial charge on any atom is 0.115 e. The van der Waals surface area contributed by atoms with Gasteiger partial charge in [0.2, 0.25) is 0 Å². The number of benzene rings is 7. The highest BCUT2D eigenvalue weighted by molar-refractivity contribution is 6.03. The zero-order valence-corrected chi connectivity index (χ0v) is 29.2. The first-order valence-electron chi connectivity index (χ1n) is 18.3. The fourth-order valence-electron chi connectivity index (χ4n) is 9.63. The van der Waals surface area contributed by atoms with E-state index in [1.807, 2.05) is 72.8 Å². The van der Waals surface area contributed by atoms with Gasteiger partial charge in [-0.15, -0.1) is 0 Å². The van der Waals surface area contributed by atoms with Crippen LogP contribution in [0.3, 0.4) is 0 Å². The molecule has 0 bridgehead atoms. The highest BCUT2D eigenvalue weighted by atomic mass is 16.3. The highest BCUT2D eigenvalue weighted by Gasteiger charge is 2.46. The quantitative estimate of drug-likeness (QED) is 0.102. The second-order valence-corrected chi connectivity index (χ2v) is 15.0. The van der Waals surface area contributed by atoms with Crippen molar-refractivity contribution in [3.63, 3.8) is 0 Å². The Bertz CT molecular complexity index is 2330. The number of fused-ring (bicyclic) bond motifs is 12. The number of aromatic hydroxyl groups is 6. The van der Waals surface area contributed by atoms with E-state index in [4.69, 9.17) is 0 Å². The minimum atomic E-state index is -0.147. The molecule has 0 aliphatic heterocycles. The largest absolute Gasteiger partial charge is 0.508 e. The lowest BCUT2D eigenvalue weighted by Gasteiger charge is -2.25. The van der Waals surface area contributed by atoms with Crippen molar-refractivity contribution in [3.8, 4) is 67.9 Å². The zero-order chi connectivity index (χ0) is 36.8. The Hall–Kier alpha value is -6.66. The number of phenolic OH excluding ortho intramolecular Hbond substituents is 6. The average Bonchev–Trinajstić information content (AvgIpc) is 3.76. The Balaban J connectivity index is 1.32. The van der Waals surface area contributed by atoms with E-state index in [1.54, 1.807) is 54.6 Å². The summed E-state index contributed by atoms with van der Waals surface area (Å²) < 4.78 is 0. The predicted octanol–water partition coefficient (Wildman–Crippen LogP) is 9.99. The van der Waals surface area contributed by atoms with E-state index >= 15 is 0 Å². The average molecular weight is 709 g/mol. The normalized spacial score (nSPS) is 17.0. The molecule has 6 heteroatoms. The first-order chi connectivity index (χ1) is 26.2. The molecule has 0 fully saturated rings. The van der Waals surface area contributed by atoms with E-state index in [0.29, 0.717) is 19.3 Å². The molecule has 54 heavy (non-hydrogen) atoms. The van der Waals surface area contributed by atoms with Gasteiger partial charge in [-0.3, -0.25) is 0 Å². The molecule has 0 spiro atoms. The lowest BCUT2D eigenvalue weighted by Crippen LogP contribution is -2.09. The summed E-state index contributed by atoms with van der Waals surface area (Å²) in [5.41, 5.74) is 16.3. The summed E-state index contributed by atoms with van der Waals surface area (Å²) in [6, 6.07) is 39.0. The summed E-state index contributed by atoms with van der Waals surface area (Å²) in [5.74, 6) is 0.729. The van der Waals surface area contributed by atoms with E-state index in [0.717, 1.165) is 66.8 Å². The monoisotopic (exact) mass is 708 g/mol. The second kappa shape index (κ2) is 11.9. The maximum atomic E-state index is 11.0. The van der Waals surface area contributed by atoms with Crippen molar-refractivity contribution in [2.75, 3.05) is 0 Å². The molecule has 0 heterocycles. The molecule has 0 radical (unpaired) electrons. The lowest BCUT2D eigenvalue weighted by molar-refractivity contribution is 0.473. The molecule has 3 aliphatic rings. The van der Waals surface area contributed by atoms with Crippen molar-refractivity contribution in [1.82, 2.24) is 0 Å². The molecule has 0 amide bonds. The van der Waals surface area contributed by atoms with Gasteiger partial charge in [0.1, 0.15) is 34.5 Å². The number of phenols is 6. The summed E-state index contributed by atoms with van der Waals surface area (Å²) in [6.45, 7) is 0. The molecule has 3 aliphatic carbocycles. The molecule has 3 unspecified atom stereocenters. The molecule has 264 valence electrons. The minimum absolute atomic E-state index is 0.147. The van der Waals surface area contributed by atoms with Crippen molar-refractivity contribution in [2.24, 2.45) is 0 Å². The van der Waals surface area contributed by atoms with Crippen molar-refractivity contribution in [1.29, 1.82) is 0 Å². The number of hydrogen-bond acceptors (Lipinski definition) is 6. The molecule has 7 aromatic carbocycles. The van der Waals surface area contributed by atoms with Gasteiger partial charge in [0.25, 0.3) is 0 Å². The van der Waals surface area contributed by atoms with Gasteiger partial charge in [0, 0.05) is 17.8 Å². The van der Waals surface area contributed by atoms with Crippen LogP contribution in [0.4, 0.5) is 0 Å².